The lowest BCUT2D eigenvalue weighted by Gasteiger charge is -2.15. The second kappa shape index (κ2) is 6.00. The fourth-order valence-electron chi connectivity index (χ4n) is 2.36. The highest BCUT2D eigenvalue weighted by molar-refractivity contribution is 7.87. The number of nitrogens with zero attached hydrogens (tertiary/aromatic N) is 3. The molecule has 0 saturated carbocycles. The first-order chi connectivity index (χ1) is 10.1. The zero-order chi connectivity index (χ0) is 14.7. The average molecular weight is 310 g/mol. The van der Waals surface area contributed by atoms with Crippen molar-refractivity contribution in [2.45, 2.75) is 19.4 Å². The van der Waals surface area contributed by atoms with E-state index in [0.29, 0.717) is 26.2 Å². The summed E-state index contributed by atoms with van der Waals surface area (Å²) in [4.78, 5) is 0. The molecule has 0 atom stereocenters. The summed E-state index contributed by atoms with van der Waals surface area (Å²) in [6.07, 6.45) is 7.02. The normalized spacial score (nSPS) is 16.6. The highest BCUT2D eigenvalue weighted by atomic mass is 32.2. The van der Waals surface area contributed by atoms with Crippen LogP contribution < -0.4 is 4.72 Å². The fraction of sp³-hybridized carbons (Fsp3) is 0.462. The summed E-state index contributed by atoms with van der Waals surface area (Å²) in [7, 11) is -3.34. The monoisotopic (exact) mass is 310 g/mol. The van der Waals surface area contributed by atoms with Gasteiger partial charge in [0.25, 0.3) is 10.2 Å². The summed E-state index contributed by atoms with van der Waals surface area (Å²) in [5, 5.41) is 4.20. The molecule has 2 aromatic rings. The van der Waals surface area contributed by atoms with Crippen LogP contribution in [0.3, 0.4) is 0 Å². The van der Waals surface area contributed by atoms with Gasteiger partial charge < -0.3 is 4.42 Å². The Labute approximate surface area is 123 Å². The summed E-state index contributed by atoms with van der Waals surface area (Å²) in [6.45, 7) is 2.02. The molecule has 0 aromatic carbocycles. The molecule has 0 amide bonds. The van der Waals surface area contributed by atoms with Crippen molar-refractivity contribution in [3.05, 3.63) is 30.8 Å². The molecule has 1 fully saturated rings. The summed E-state index contributed by atoms with van der Waals surface area (Å²) >= 11 is 0. The van der Waals surface area contributed by atoms with E-state index >= 15 is 0 Å². The highest BCUT2D eigenvalue weighted by Gasteiger charge is 2.24. The Morgan fingerprint density at radius 1 is 1.33 bits per heavy atom. The molecule has 0 aliphatic carbocycles. The Balaban J connectivity index is 1.54. The van der Waals surface area contributed by atoms with Gasteiger partial charge in [-0.05, 0) is 25.0 Å². The molecule has 7 nitrogen and oxygen atoms in total. The van der Waals surface area contributed by atoms with Gasteiger partial charge in [0, 0.05) is 25.8 Å². The number of aromatic nitrogens is 2. The lowest BCUT2D eigenvalue weighted by atomic mass is 10.3. The van der Waals surface area contributed by atoms with Crippen molar-refractivity contribution in [3.63, 3.8) is 0 Å². The Kier molecular flexibility index (Phi) is 4.09. The Morgan fingerprint density at radius 3 is 2.86 bits per heavy atom. The molecular weight excluding hydrogens is 292 g/mol. The molecule has 114 valence electrons. The second-order valence-electron chi connectivity index (χ2n) is 4.97. The minimum Gasteiger partial charge on any atom is -0.464 e. The standard InChI is InChI=1S/C13H18N4O3S/c18-21(19,17-6-1-2-7-17)15-5-8-16-11-12(10-14-16)13-4-3-9-20-13/h3-4,9-11,15H,1-2,5-8H2. The minimum atomic E-state index is -3.34. The van der Waals surface area contributed by atoms with Crippen molar-refractivity contribution in [2.75, 3.05) is 19.6 Å². The third kappa shape index (κ3) is 3.34. The van der Waals surface area contributed by atoms with E-state index in [4.69, 9.17) is 4.42 Å². The minimum absolute atomic E-state index is 0.318. The lowest BCUT2D eigenvalue weighted by molar-refractivity contribution is 0.460. The van der Waals surface area contributed by atoms with Crippen LogP contribution in [0.1, 0.15) is 12.8 Å². The van der Waals surface area contributed by atoms with Gasteiger partial charge in [0.1, 0.15) is 5.76 Å². The topological polar surface area (TPSA) is 80.4 Å². The van der Waals surface area contributed by atoms with Gasteiger partial charge in [-0.15, -0.1) is 0 Å². The molecule has 1 aliphatic heterocycles. The SMILES string of the molecule is O=S(=O)(NCCn1cc(-c2ccco2)cn1)N1CCCC1. The predicted molar refractivity (Wildman–Crippen MR) is 77.7 cm³/mol. The van der Waals surface area contributed by atoms with Gasteiger partial charge in [-0.3, -0.25) is 4.68 Å². The van der Waals surface area contributed by atoms with Crippen molar-refractivity contribution in [1.82, 2.24) is 18.8 Å². The van der Waals surface area contributed by atoms with E-state index in [1.807, 2.05) is 18.3 Å². The number of furan rings is 1. The molecule has 1 saturated heterocycles. The van der Waals surface area contributed by atoms with Crippen LogP contribution in [0, 0.1) is 0 Å². The van der Waals surface area contributed by atoms with Gasteiger partial charge in [-0.1, -0.05) is 0 Å². The first-order valence-corrected chi connectivity index (χ1v) is 8.40. The van der Waals surface area contributed by atoms with Crippen LogP contribution in [0.25, 0.3) is 11.3 Å². The van der Waals surface area contributed by atoms with Gasteiger partial charge in [0.15, 0.2) is 0 Å². The van der Waals surface area contributed by atoms with Crippen LogP contribution in [0.15, 0.2) is 35.2 Å². The number of hydrogen-bond acceptors (Lipinski definition) is 4. The van der Waals surface area contributed by atoms with Crippen LogP contribution in [-0.2, 0) is 16.8 Å². The first-order valence-electron chi connectivity index (χ1n) is 6.96. The molecule has 1 N–H and O–H groups in total. The fourth-order valence-corrected chi connectivity index (χ4v) is 3.64. The van der Waals surface area contributed by atoms with E-state index in [2.05, 4.69) is 9.82 Å². The second-order valence-corrected chi connectivity index (χ2v) is 6.73. The summed E-state index contributed by atoms with van der Waals surface area (Å²) in [5.41, 5.74) is 0.877. The van der Waals surface area contributed by atoms with E-state index in [9.17, 15) is 8.42 Å². The molecular formula is C13H18N4O3S. The zero-order valence-electron chi connectivity index (χ0n) is 11.6. The van der Waals surface area contributed by atoms with Crippen molar-refractivity contribution in [2.24, 2.45) is 0 Å². The van der Waals surface area contributed by atoms with Crippen LogP contribution in [0.5, 0.6) is 0 Å². The van der Waals surface area contributed by atoms with Gasteiger partial charge in [0.05, 0.1) is 24.6 Å². The summed E-state index contributed by atoms with van der Waals surface area (Å²) in [5.74, 6) is 0.749. The van der Waals surface area contributed by atoms with E-state index in [-0.39, 0.29) is 0 Å². The largest absolute Gasteiger partial charge is 0.464 e. The van der Waals surface area contributed by atoms with Crippen molar-refractivity contribution in [1.29, 1.82) is 0 Å². The molecule has 0 radical (unpaired) electrons. The van der Waals surface area contributed by atoms with E-state index in [0.717, 1.165) is 24.2 Å². The third-order valence-electron chi connectivity index (χ3n) is 3.47. The molecule has 1 aliphatic rings. The van der Waals surface area contributed by atoms with Crippen molar-refractivity contribution in [3.8, 4) is 11.3 Å². The highest BCUT2D eigenvalue weighted by Crippen LogP contribution is 2.18. The van der Waals surface area contributed by atoms with Crippen molar-refractivity contribution >= 4 is 10.2 Å². The zero-order valence-corrected chi connectivity index (χ0v) is 12.4. The van der Waals surface area contributed by atoms with E-state index in [1.54, 1.807) is 17.1 Å². The van der Waals surface area contributed by atoms with Crippen molar-refractivity contribution < 1.29 is 12.8 Å². The first kappa shape index (κ1) is 14.3. The lowest BCUT2D eigenvalue weighted by Crippen LogP contribution is -2.40. The molecule has 21 heavy (non-hydrogen) atoms. The number of rotatable bonds is 6. The Morgan fingerprint density at radius 2 is 2.14 bits per heavy atom. The van der Waals surface area contributed by atoms with Gasteiger partial charge in [0.2, 0.25) is 0 Å². The molecule has 3 heterocycles. The van der Waals surface area contributed by atoms with Crippen LogP contribution in [0.2, 0.25) is 0 Å². The van der Waals surface area contributed by atoms with Gasteiger partial charge in [-0.2, -0.15) is 17.8 Å². The molecule has 3 rings (SSSR count). The van der Waals surface area contributed by atoms with Crippen LogP contribution in [-0.4, -0.2) is 42.1 Å². The molecule has 2 aromatic heterocycles. The maximum Gasteiger partial charge on any atom is 0.279 e. The Bertz CT molecular complexity index is 672. The molecule has 0 bridgehead atoms. The van der Waals surface area contributed by atoms with E-state index < -0.39 is 10.2 Å². The maximum absolute atomic E-state index is 12.0. The van der Waals surface area contributed by atoms with Gasteiger partial charge >= 0.3 is 0 Å². The molecule has 0 spiro atoms. The molecule has 0 unspecified atom stereocenters. The molecule has 8 heteroatoms. The summed E-state index contributed by atoms with van der Waals surface area (Å²) < 4.78 is 35.1. The smallest absolute Gasteiger partial charge is 0.279 e. The van der Waals surface area contributed by atoms with Crippen LogP contribution in [0.4, 0.5) is 0 Å². The average Bonchev–Trinajstić information content (AvgIpc) is 3.20. The predicted octanol–water partition coefficient (Wildman–Crippen LogP) is 1.07. The third-order valence-corrected chi connectivity index (χ3v) is 5.08. The van der Waals surface area contributed by atoms with Gasteiger partial charge in [-0.25, -0.2) is 4.72 Å². The summed E-state index contributed by atoms with van der Waals surface area (Å²) in [6, 6.07) is 3.67. The van der Waals surface area contributed by atoms with Crippen LogP contribution >= 0.6 is 0 Å². The van der Waals surface area contributed by atoms with E-state index in [1.165, 1.54) is 4.31 Å². The maximum atomic E-state index is 12.0. The quantitative estimate of drug-likeness (QED) is 0.865. The number of hydrogen-bond donors (Lipinski definition) is 1. The Hall–Kier alpha value is -1.64. The number of nitrogens with one attached hydrogen (secondary N) is 1.